The summed E-state index contributed by atoms with van der Waals surface area (Å²) in [6.07, 6.45) is 9.44. The molecule has 2 aromatic carbocycles. The molecule has 3 heterocycles. The SMILES string of the molecule is CSc1nc(C(=O)NCc2ccccc2-c2ccc(Cn3ccnc3)cc2)c2ccccn12. The molecule has 0 unspecified atom stereocenters. The van der Waals surface area contributed by atoms with E-state index in [1.165, 1.54) is 17.3 Å². The summed E-state index contributed by atoms with van der Waals surface area (Å²) in [5.41, 5.74) is 5.74. The quantitative estimate of drug-likeness (QED) is 0.356. The molecular formula is C26H23N5OS. The minimum absolute atomic E-state index is 0.176. The van der Waals surface area contributed by atoms with Crippen molar-refractivity contribution < 1.29 is 4.79 Å². The van der Waals surface area contributed by atoms with Crippen LogP contribution in [0.25, 0.3) is 16.6 Å². The summed E-state index contributed by atoms with van der Waals surface area (Å²) >= 11 is 1.52. The maximum Gasteiger partial charge on any atom is 0.272 e. The van der Waals surface area contributed by atoms with E-state index in [1.807, 2.05) is 70.3 Å². The van der Waals surface area contributed by atoms with Crippen molar-refractivity contribution in [2.75, 3.05) is 6.26 Å². The van der Waals surface area contributed by atoms with Gasteiger partial charge in [0.25, 0.3) is 5.91 Å². The Morgan fingerprint density at radius 2 is 1.82 bits per heavy atom. The number of nitrogens with one attached hydrogen (secondary N) is 1. The van der Waals surface area contributed by atoms with Gasteiger partial charge in [-0.05, 0) is 40.6 Å². The van der Waals surface area contributed by atoms with E-state index < -0.39 is 0 Å². The van der Waals surface area contributed by atoms with Crippen molar-refractivity contribution in [2.45, 2.75) is 18.2 Å². The van der Waals surface area contributed by atoms with Gasteiger partial charge in [-0.3, -0.25) is 9.20 Å². The summed E-state index contributed by atoms with van der Waals surface area (Å²) in [6, 6.07) is 22.4. The Balaban J connectivity index is 1.34. The van der Waals surface area contributed by atoms with Crippen LogP contribution in [0.3, 0.4) is 0 Å². The monoisotopic (exact) mass is 453 g/mol. The van der Waals surface area contributed by atoms with Gasteiger partial charge in [0, 0.05) is 31.7 Å². The van der Waals surface area contributed by atoms with Gasteiger partial charge >= 0.3 is 0 Å². The molecule has 0 spiro atoms. The van der Waals surface area contributed by atoms with E-state index in [1.54, 1.807) is 6.20 Å². The minimum Gasteiger partial charge on any atom is -0.347 e. The number of carbonyl (C=O) groups is 1. The van der Waals surface area contributed by atoms with E-state index in [0.29, 0.717) is 12.2 Å². The fourth-order valence-corrected chi connectivity index (χ4v) is 4.46. The number of imidazole rings is 2. The van der Waals surface area contributed by atoms with Gasteiger partial charge < -0.3 is 9.88 Å². The molecule has 7 heteroatoms. The Hall–Kier alpha value is -3.84. The second kappa shape index (κ2) is 9.34. The molecule has 0 atom stereocenters. The minimum atomic E-state index is -0.176. The number of thioether (sulfide) groups is 1. The number of fused-ring (bicyclic) bond motifs is 1. The van der Waals surface area contributed by atoms with Gasteiger partial charge in [-0.1, -0.05) is 66.4 Å². The Morgan fingerprint density at radius 3 is 2.61 bits per heavy atom. The molecule has 1 N–H and O–H groups in total. The molecule has 0 aliphatic rings. The first-order valence-corrected chi connectivity index (χ1v) is 11.9. The van der Waals surface area contributed by atoms with Gasteiger partial charge in [0.15, 0.2) is 10.9 Å². The van der Waals surface area contributed by atoms with E-state index in [0.717, 1.165) is 33.9 Å². The summed E-state index contributed by atoms with van der Waals surface area (Å²) in [5, 5.41) is 3.86. The van der Waals surface area contributed by atoms with Crippen LogP contribution in [-0.2, 0) is 13.1 Å². The third-order valence-corrected chi connectivity index (χ3v) is 6.21. The Labute approximate surface area is 196 Å². The van der Waals surface area contributed by atoms with E-state index in [9.17, 15) is 4.79 Å². The molecule has 1 amide bonds. The van der Waals surface area contributed by atoms with Crippen molar-refractivity contribution in [1.29, 1.82) is 0 Å². The first kappa shape index (κ1) is 21.0. The van der Waals surface area contributed by atoms with Gasteiger partial charge in [-0.15, -0.1) is 0 Å². The highest BCUT2D eigenvalue weighted by atomic mass is 32.2. The molecule has 5 rings (SSSR count). The lowest BCUT2D eigenvalue weighted by molar-refractivity contribution is 0.0948. The van der Waals surface area contributed by atoms with Gasteiger partial charge in [-0.25, -0.2) is 9.97 Å². The van der Waals surface area contributed by atoms with E-state index >= 15 is 0 Å². The number of hydrogen-bond donors (Lipinski definition) is 1. The molecule has 0 bridgehead atoms. The van der Waals surface area contributed by atoms with Crippen LogP contribution in [-0.4, -0.2) is 31.1 Å². The number of aromatic nitrogens is 4. The third kappa shape index (κ3) is 4.40. The zero-order valence-corrected chi connectivity index (χ0v) is 19.0. The number of nitrogens with zero attached hydrogens (tertiary/aromatic N) is 4. The van der Waals surface area contributed by atoms with E-state index in [-0.39, 0.29) is 5.91 Å². The normalized spacial score (nSPS) is 11.1. The number of carbonyl (C=O) groups excluding carboxylic acids is 1. The van der Waals surface area contributed by atoms with Gasteiger partial charge in [0.2, 0.25) is 0 Å². The Morgan fingerprint density at radius 1 is 1.00 bits per heavy atom. The molecule has 164 valence electrons. The van der Waals surface area contributed by atoms with Gasteiger partial charge in [0.05, 0.1) is 11.8 Å². The zero-order chi connectivity index (χ0) is 22.6. The molecular weight excluding hydrogens is 430 g/mol. The van der Waals surface area contributed by atoms with Gasteiger partial charge in [0.1, 0.15) is 0 Å². The standard InChI is InChI=1S/C26H23N5OS/c1-33-26-29-24(23-8-4-5-14-31(23)26)25(32)28-16-21-6-2-3-7-22(21)20-11-9-19(10-12-20)17-30-15-13-27-18-30/h2-15,18H,16-17H2,1H3,(H,28,32). The predicted octanol–water partition coefficient (Wildman–Crippen LogP) is 4.90. The van der Waals surface area contributed by atoms with Crippen LogP contribution in [0.5, 0.6) is 0 Å². The van der Waals surface area contributed by atoms with Gasteiger partial charge in [-0.2, -0.15) is 0 Å². The first-order valence-electron chi connectivity index (χ1n) is 10.6. The molecule has 33 heavy (non-hydrogen) atoms. The number of rotatable bonds is 7. The Kier molecular flexibility index (Phi) is 5.95. The average Bonchev–Trinajstić information content (AvgIpc) is 3.51. The number of amides is 1. The smallest absolute Gasteiger partial charge is 0.272 e. The van der Waals surface area contributed by atoms with E-state index in [4.69, 9.17) is 0 Å². The highest BCUT2D eigenvalue weighted by Crippen LogP contribution is 2.25. The van der Waals surface area contributed by atoms with Crippen molar-refractivity contribution in [3.8, 4) is 11.1 Å². The maximum absolute atomic E-state index is 13.0. The largest absolute Gasteiger partial charge is 0.347 e. The number of pyridine rings is 1. The maximum atomic E-state index is 13.0. The summed E-state index contributed by atoms with van der Waals surface area (Å²) in [7, 11) is 0. The van der Waals surface area contributed by atoms with Crippen LogP contribution in [0.1, 0.15) is 21.6 Å². The van der Waals surface area contributed by atoms with Crippen LogP contribution in [0.2, 0.25) is 0 Å². The molecule has 0 aliphatic carbocycles. The highest BCUT2D eigenvalue weighted by molar-refractivity contribution is 7.98. The molecule has 5 aromatic rings. The fourth-order valence-electron chi connectivity index (χ4n) is 3.92. The number of benzene rings is 2. The Bertz CT molecular complexity index is 1390. The first-order chi connectivity index (χ1) is 16.2. The van der Waals surface area contributed by atoms with Crippen molar-refractivity contribution in [1.82, 2.24) is 24.3 Å². The van der Waals surface area contributed by atoms with Crippen LogP contribution in [0, 0.1) is 0 Å². The van der Waals surface area contributed by atoms with Crippen molar-refractivity contribution in [3.05, 3.63) is 108 Å². The molecule has 0 saturated heterocycles. The topological polar surface area (TPSA) is 64.2 Å². The molecule has 0 fully saturated rings. The summed E-state index contributed by atoms with van der Waals surface area (Å²) < 4.78 is 3.99. The van der Waals surface area contributed by atoms with Crippen molar-refractivity contribution in [3.63, 3.8) is 0 Å². The summed E-state index contributed by atoms with van der Waals surface area (Å²) in [5.74, 6) is -0.176. The van der Waals surface area contributed by atoms with Crippen LogP contribution < -0.4 is 5.32 Å². The highest BCUT2D eigenvalue weighted by Gasteiger charge is 2.17. The molecule has 0 saturated carbocycles. The third-order valence-electron chi connectivity index (χ3n) is 5.56. The lowest BCUT2D eigenvalue weighted by Gasteiger charge is -2.12. The van der Waals surface area contributed by atoms with Crippen LogP contribution >= 0.6 is 11.8 Å². The fraction of sp³-hybridized carbons (Fsp3) is 0.115. The average molecular weight is 454 g/mol. The zero-order valence-electron chi connectivity index (χ0n) is 18.2. The molecule has 3 aromatic heterocycles. The second-order valence-corrected chi connectivity index (χ2v) is 8.45. The summed E-state index contributed by atoms with van der Waals surface area (Å²) in [4.78, 5) is 21.6. The lowest BCUT2D eigenvalue weighted by atomic mass is 9.98. The van der Waals surface area contributed by atoms with E-state index in [2.05, 4.69) is 45.6 Å². The van der Waals surface area contributed by atoms with Crippen molar-refractivity contribution >= 4 is 23.2 Å². The summed E-state index contributed by atoms with van der Waals surface area (Å²) in [6.45, 7) is 1.21. The lowest BCUT2D eigenvalue weighted by Crippen LogP contribution is -2.23. The number of hydrogen-bond acceptors (Lipinski definition) is 4. The molecule has 6 nitrogen and oxygen atoms in total. The van der Waals surface area contributed by atoms with Crippen molar-refractivity contribution in [2.24, 2.45) is 0 Å². The van der Waals surface area contributed by atoms with Crippen LogP contribution in [0.15, 0.2) is 96.8 Å². The predicted molar refractivity (Wildman–Crippen MR) is 131 cm³/mol. The van der Waals surface area contributed by atoms with Crippen LogP contribution in [0.4, 0.5) is 0 Å². The second-order valence-electron chi connectivity index (χ2n) is 7.67. The molecule has 0 aliphatic heterocycles. The molecule has 0 radical (unpaired) electrons.